The van der Waals surface area contributed by atoms with Crippen LogP contribution in [0.5, 0.6) is 11.5 Å². The van der Waals surface area contributed by atoms with Gasteiger partial charge in [0.15, 0.2) is 0 Å². The number of hydrogen-bond donors (Lipinski definition) is 2. The van der Waals surface area contributed by atoms with Crippen LogP contribution in [0.2, 0.25) is 0 Å². The van der Waals surface area contributed by atoms with Crippen LogP contribution in [0.4, 0.5) is 0 Å². The van der Waals surface area contributed by atoms with Gasteiger partial charge in [-0.25, -0.2) is 10.1 Å². The molecule has 0 bridgehead atoms. The number of aromatic nitrogens is 2. The van der Waals surface area contributed by atoms with Gasteiger partial charge in [-0.1, -0.05) is 12.1 Å². The fourth-order valence-corrected chi connectivity index (χ4v) is 4.01. The monoisotopic (exact) mass is 534 g/mol. The molecule has 8 nitrogen and oxygen atoms in total. The molecule has 1 amide bonds. The van der Waals surface area contributed by atoms with E-state index in [4.69, 9.17) is 9.47 Å². The molecular formula is C26H23BrN4O4. The van der Waals surface area contributed by atoms with Gasteiger partial charge in [0.1, 0.15) is 11.5 Å². The minimum atomic E-state index is -0.395. The third-order valence-corrected chi connectivity index (χ3v) is 6.10. The van der Waals surface area contributed by atoms with Crippen molar-refractivity contribution in [3.05, 3.63) is 98.7 Å². The number of rotatable bonds is 7. The summed E-state index contributed by atoms with van der Waals surface area (Å²) in [5, 5.41) is 7.43. The van der Waals surface area contributed by atoms with Gasteiger partial charge in [0.2, 0.25) is 0 Å². The molecule has 0 saturated heterocycles. The van der Waals surface area contributed by atoms with E-state index in [0.29, 0.717) is 44.2 Å². The number of nitrogens with one attached hydrogen (secondary N) is 2. The maximum Gasteiger partial charge on any atom is 0.281 e. The minimum Gasteiger partial charge on any atom is -0.497 e. The van der Waals surface area contributed by atoms with Crippen molar-refractivity contribution in [1.29, 1.82) is 0 Å². The first kappa shape index (κ1) is 24.0. The summed E-state index contributed by atoms with van der Waals surface area (Å²) in [7, 11) is 3.17. The average molecular weight is 535 g/mol. The molecule has 0 aliphatic heterocycles. The van der Waals surface area contributed by atoms with Crippen LogP contribution in [0.15, 0.2) is 87.2 Å². The van der Waals surface area contributed by atoms with E-state index in [9.17, 15) is 9.59 Å². The number of halogens is 1. The summed E-state index contributed by atoms with van der Waals surface area (Å²) in [6.07, 6.45) is 0. The van der Waals surface area contributed by atoms with Crippen molar-refractivity contribution >= 4 is 27.5 Å². The number of H-pyrrole nitrogens is 1. The second-order valence-corrected chi connectivity index (χ2v) is 8.40. The topological polar surface area (TPSA) is 97.7 Å². The molecule has 1 heterocycles. The summed E-state index contributed by atoms with van der Waals surface area (Å²) in [4.78, 5) is 26.2. The Hall–Kier alpha value is -4.11. The lowest BCUT2D eigenvalue weighted by molar-refractivity contribution is 0.0954. The predicted octanol–water partition coefficient (Wildman–Crippen LogP) is 4.77. The van der Waals surface area contributed by atoms with Crippen LogP contribution in [0, 0.1) is 0 Å². The Bertz CT molecular complexity index is 1440. The Labute approximate surface area is 210 Å². The highest BCUT2D eigenvalue weighted by Gasteiger charge is 2.20. The molecule has 4 aromatic rings. The molecule has 3 aromatic carbocycles. The Balaban J connectivity index is 1.77. The molecule has 178 valence electrons. The predicted molar refractivity (Wildman–Crippen MR) is 139 cm³/mol. The Kier molecular flexibility index (Phi) is 7.17. The Morgan fingerprint density at radius 2 is 1.54 bits per heavy atom. The minimum absolute atomic E-state index is 0.308. The van der Waals surface area contributed by atoms with E-state index in [1.807, 2.05) is 30.3 Å². The molecule has 0 saturated carbocycles. The lowest BCUT2D eigenvalue weighted by Gasteiger charge is -2.06. The number of amides is 1. The smallest absolute Gasteiger partial charge is 0.281 e. The first-order valence-corrected chi connectivity index (χ1v) is 11.5. The summed E-state index contributed by atoms with van der Waals surface area (Å²) in [5.74, 6) is 0.976. The fourth-order valence-electron chi connectivity index (χ4n) is 3.55. The molecule has 0 radical (unpaired) electrons. The number of ether oxygens (including phenoxy) is 2. The maximum atomic E-state index is 13.5. The lowest BCUT2D eigenvalue weighted by Crippen LogP contribution is -2.23. The van der Waals surface area contributed by atoms with Crippen molar-refractivity contribution < 1.29 is 14.3 Å². The first-order valence-electron chi connectivity index (χ1n) is 10.7. The van der Waals surface area contributed by atoms with Gasteiger partial charge in [0.25, 0.3) is 11.5 Å². The standard InChI is InChI=1S/C26H23BrN4O4/c1-16(28-29-25(32)21-6-4-5-7-22(21)27)23-24(17-8-12-19(34-2)13-9-17)30-31(26(23)33)18-10-14-20(35-3)15-11-18/h4-15,30H,1-3H3,(H,29,32). The van der Waals surface area contributed by atoms with Crippen LogP contribution in [0.1, 0.15) is 22.8 Å². The molecular weight excluding hydrogens is 512 g/mol. The van der Waals surface area contributed by atoms with Gasteiger partial charge >= 0.3 is 0 Å². The number of carbonyl (C=O) groups excluding carboxylic acids is 1. The number of nitrogens with zero attached hydrogens (tertiary/aromatic N) is 2. The lowest BCUT2D eigenvalue weighted by atomic mass is 10.1. The van der Waals surface area contributed by atoms with Crippen LogP contribution >= 0.6 is 15.9 Å². The molecule has 0 aliphatic rings. The Morgan fingerprint density at radius 1 is 0.943 bits per heavy atom. The summed E-state index contributed by atoms with van der Waals surface area (Å²) in [6.45, 7) is 1.68. The zero-order valence-electron chi connectivity index (χ0n) is 19.3. The molecule has 0 unspecified atom stereocenters. The van der Waals surface area contributed by atoms with Crippen LogP contribution in [0.3, 0.4) is 0 Å². The molecule has 2 N–H and O–H groups in total. The van der Waals surface area contributed by atoms with E-state index in [2.05, 4.69) is 31.6 Å². The number of aromatic amines is 1. The molecule has 9 heteroatoms. The Morgan fingerprint density at radius 3 is 2.14 bits per heavy atom. The number of hydrogen-bond acceptors (Lipinski definition) is 5. The highest BCUT2D eigenvalue weighted by Crippen LogP contribution is 2.25. The molecule has 0 fully saturated rings. The van der Waals surface area contributed by atoms with Crippen molar-refractivity contribution in [3.8, 4) is 28.4 Å². The van der Waals surface area contributed by atoms with E-state index in [1.165, 1.54) is 4.68 Å². The molecule has 0 aliphatic carbocycles. The third-order valence-electron chi connectivity index (χ3n) is 5.41. The van der Waals surface area contributed by atoms with Crippen molar-refractivity contribution in [1.82, 2.24) is 15.2 Å². The zero-order valence-corrected chi connectivity index (χ0v) is 20.9. The van der Waals surface area contributed by atoms with Crippen LogP contribution in [-0.2, 0) is 0 Å². The number of benzene rings is 3. The van der Waals surface area contributed by atoms with Gasteiger partial charge in [0, 0.05) is 10.0 Å². The van der Waals surface area contributed by atoms with E-state index < -0.39 is 5.91 Å². The van der Waals surface area contributed by atoms with Crippen molar-refractivity contribution in [2.45, 2.75) is 6.92 Å². The van der Waals surface area contributed by atoms with Gasteiger partial charge in [-0.15, -0.1) is 0 Å². The maximum absolute atomic E-state index is 13.5. The van der Waals surface area contributed by atoms with E-state index in [1.54, 1.807) is 63.6 Å². The normalized spacial score (nSPS) is 11.3. The summed E-state index contributed by atoms with van der Waals surface area (Å²) in [5.41, 5.74) is 5.30. The number of methoxy groups -OCH3 is 2. The van der Waals surface area contributed by atoms with Crippen molar-refractivity contribution in [2.75, 3.05) is 14.2 Å². The summed E-state index contributed by atoms with van der Waals surface area (Å²) in [6, 6.07) is 21.4. The fraction of sp³-hybridized carbons (Fsp3) is 0.115. The molecule has 1 aromatic heterocycles. The molecule has 0 spiro atoms. The van der Waals surface area contributed by atoms with Crippen molar-refractivity contribution in [3.63, 3.8) is 0 Å². The average Bonchev–Trinajstić information content (AvgIpc) is 3.24. The van der Waals surface area contributed by atoms with Gasteiger partial charge < -0.3 is 9.47 Å². The number of hydrazone groups is 1. The zero-order chi connectivity index (χ0) is 24.9. The highest BCUT2D eigenvalue weighted by atomic mass is 79.9. The molecule has 4 rings (SSSR count). The van der Waals surface area contributed by atoms with Crippen molar-refractivity contribution in [2.24, 2.45) is 5.10 Å². The number of carbonyl (C=O) groups is 1. The van der Waals surface area contributed by atoms with Crippen LogP contribution < -0.4 is 20.5 Å². The second kappa shape index (κ2) is 10.4. The van der Waals surface area contributed by atoms with Gasteiger partial charge in [-0.05, 0) is 83.5 Å². The van der Waals surface area contributed by atoms with Crippen LogP contribution in [-0.4, -0.2) is 35.6 Å². The SMILES string of the molecule is COc1ccc(-c2[nH]n(-c3ccc(OC)cc3)c(=O)c2C(C)=NNC(=O)c2ccccc2Br)cc1. The third kappa shape index (κ3) is 5.04. The summed E-state index contributed by atoms with van der Waals surface area (Å²) >= 11 is 3.37. The first-order chi connectivity index (χ1) is 16.9. The summed E-state index contributed by atoms with van der Waals surface area (Å²) < 4.78 is 12.6. The molecule has 35 heavy (non-hydrogen) atoms. The van der Waals surface area contributed by atoms with E-state index >= 15 is 0 Å². The quantitative estimate of drug-likeness (QED) is 0.263. The largest absolute Gasteiger partial charge is 0.497 e. The van der Waals surface area contributed by atoms with Gasteiger partial charge in [-0.3, -0.25) is 14.7 Å². The van der Waals surface area contributed by atoms with Gasteiger partial charge in [-0.2, -0.15) is 5.10 Å². The highest BCUT2D eigenvalue weighted by molar-refractivity contribution is 9.10. The van der Waals surface area contributed by atoms with E-state index in [-0.39, 0.29) is 5.56 Å². The van der Waals surface area contributed by atoms with Crippen LogP contribution in [0.25, 0.3) is 16.9 Å². The second-order valence-electron chi connectivity index (χ2n) is 7.55. The molecule has 0 atom stereocenters. The van der Waals surface area contributed by atoms with Gasteiger partial charge in [0.05, 0.1) is 42.4 Å². The van der Waals surface area contributed by atoms with E-state index in [0.717, 1.165) is 5.56 Å².